The van der Waals surface area contributed by atoms with Crippen LogP contribution in [0.2, 0.25) is 0 Å². The average Bonchev–Trinajstić information content (AvgIpc) is 3.08. The first-order valence-corrected chi connectivity index (χ1v) is 10.7. The van der Waals surface area contributed by atoms with E-state index in [0.29, 0.717) is 10.6 Å². The van der Waals surface area contributed by atoms with Crippen LogP contribution in [-0.4, -0.2) is 37.3 Å². The van der Waals surface area contributed by atoms with Gasteiger partial charge in [0, 0.05) is 9.77 Å². The van der Waals surface area contributed by atoms with E-state index in [0.717, 1.165) is 41.0 Å². The lowest BCUT2D eigenvalue weighted by Gasteiger charge is -2.11. The number of benzene rings is 1. The van der Waals surface area contributed by atoms with Crippen LogP contribution in [0, 0.1) is 0 Å². The van der Waals surface area contributed by atoms with Crippen molar-refractivity contribution < 1.29 is 23.9 Å². The van der Waals surface area contributed by atoms with Crippen molar-refractivity contribution in [3.63, 3.8) is 0 Å². The number of carbonyl (C=O) groups is 3. The van der Waals surface area contributed by atoms with Gasteiger partial charge in [0.25, 0.3) is 5.91 Å². The molecule has 1 aromatic heterocycles. The smallest absolute Gasteiger partial charge is 0.341 e. The number of anilines is 1. The normalized spacial score (nSPS) is 12.8. The van der Waals surface area contributed by atoms with Crippen LogP contribution >= 0.6 is 23.1 Å². The Kier molecular flexibility index (Phi) is 7.11. The molecule has 0 bridgehead atoms. The third kappa shape index (κ3) is 5.14. The van der Waals surface area contributed by atoms with Gasteiger partial charge in [0.05, 0.1) is 18.4 Å². The topological polar surface area (TPSA) is 81.7 Å². The maximum absolute atomic E-state index is 12.2. The molecule has 0 fully saturated rings. The summed E-state index contributed by atoms with van der Waals surface area (Å²) >= 11 is 2.74. The molecule has 1 aliphatic carbocycles. The Balaban J connectivity index is 1.55. The lowest BCUT2D eigenvalue weighted by molar-refractivity contribution is -0.144. The Labute approximate surface area is 171 Å². The molecule has 0 radical (unpaired) electrons. The molecule has 8 heteroatoms. The molecule has 2 aromatic rings. The fourth-order valence-electron chi connectivity index (χ4n) is 2.98. The van der Waals surface area contributed by atoms with Gasteiger partial charge in [-0.1, -0.05) is 18.2 Å². The molecule has 1 heterocycles. The van der Waals surface area contributed by atoms with Crippen LogP contribution in [0.1, 0.15) is 33.6 Å². The Morgan fingerprint density at radius 3 is 2.64 bits per heavy atom. The van der Waals surface area contributed by atoms with E-state index in [1.54, 1.807) is 0 Å². The molecular weight excluding hydrogens is 398 g/mol. The maximum atomic E-state index is 12.2. The first kappa shape index (κ1) is 20.4. The summed E-state index contributed by atoms with van der Waals surface area (Å²) in [6.07, 6.45) is 3.78. The SMILES string of the molecule is COC(=O)c1c(NC(=O)COC(=O)CSc2ccccc2)sc2c1CCCC2. The van der Waals surface area contributed by atoms with Gasteiger partial charge in [-0.15, -0.1) is 23.1 Å². The Hall–Kier alpha value is -2.32. The highest BCUT2D eigenvalue weighted by Crippen LogP contribution is 2.38. The fraction of sp³-hybridized carbons (Fsp3) is 0.350. The van der Waals surface area contributed by atoms with E-state index in [4.69, 9.17) is 9.47 Å². The van der Waals surface area contributed by atoms with E-state index in [2.05, 4.69) is 5.32 Å². The van der Waals surface area contributed by atoms with Gasteiger partial charge in [-0.2, -0.15) is 0 Å². The zero-order chi connectivity index (χ0) is 19.9. The first-order valence-electron chi connectivity index (χ1n) is 8.94. The third-order valence-corrected chi connectivity index (χ3v) is 6.47. The van der Waals surface area contributed by atoms with E-state index >= 15 is 0 Å². The minimum Gasteiger partial charge on any atom is -0.465 e. The monoisotopic (exact) mass is 419 g/mol. The first-order chi connectivity index (χ1) is 13.6. The molecule has 0 atom stereocenters. The van der Waals surface area contributed by atoms with Crippen LogP contribution in [0.4, 0.5) is 5.00 Å². The zero-order valence-electron chi connectivity index (χ0n) is 15.5. The summed E-state index contributed by atoms with van der Waals surface area (Å²) in [5.41, 5.74) is 1.40. The summed E-state index contributed by atoms with van der Waals surface area (Å²) in [5.74, 6) is -1.27. The molecule has 1 amide bonds. The van der Waals surface area contributed by atoms with E-state index in [1.807, 2.05) is 30.3 Å². The number of thiophene rings is 1. The Morgan fingerprint density at radius 2 is 1.89 bits per heavy atom. The Bertz CT molecular complexity index is 863. The van der Waals surface area contributed by atoms with Gasteiger partial charge >= 0.3 is 11.9 Å². The summed E-state index contributed by atoms with van der Waals surface area (Å²) in [6.45, 7) is -0.392. The average molecular weight is 420 g/mol. The molecule has 0 aliphatic heterocycles. The van der Waals surface area contributed by atoms with Crippen LogP contribution in [0.25, 0.3) is 0 Å². The predicted molar refractivity (Wildman–Crippen MR) is 109 cm³/mol. The van der Waals surface area contributed by atoms with Crippen molar-refractivity contribution in [2.45, 2.75) is 30.6 Å². The fourth-order valence-corrected chi connectivity index (χ4v) is 4.99. The summed E-state index contributed by atoms with van der Waals surface area (Å²) in [5, 5.41) is 3.18. The summed E-state index contributed by atoms with van der Waals surface area (Å²) < 4.78 is 9.93. The largest absolute Gasteiger partial charge is 0.465 e. The molecular formula is C20H21NO5S2. The number of rotatable bonds is 7. The van der Waals surface area contributed by atoms with Crippen LogP contribution in [-0.2, 0) is 31.9 Å². The number of hydrogen-bond donors (Lipinski definition) is 1. The molecule has 148 valence electrons. The van der Waals surface area contributed by atoms with Crippen molar-refractivity contribution in [3.05, 3.63) is 46.3 Å². The van der Waals surface area contributed by atoms with Gasteiger partial charge in [-0.3, -0.25) is 9.59 Å². The highest BCUT2D eigenvalue weighted by molar-refractivity contribution is 8.00. The van der Waals surface area contributed by atoms with Crippen molar-refractivity contribution in [1.82, 2.24) is 0 Å². The van der Waals surface area contributed by atoms with E-state index < -0.39 is 24.5 Å². The molecule has 0 unspecified atom stereocenters. The molecule has 6 nitrogen and oxygen atoms in total. The molecule has 0 saturated carbocycles. The van der Waals surface area contributed by atoms with Crippen molar-refractivity contribution in [1.29, 1.82) is 0 Å². The van der Waals surface area contributed by atoms with Crippen LogP contribution < -0.4 is 5.32 Å². The number of carbonyl (C=O) groups excluding carboxylic acids is 3. The molecule has 28 heavy (non-hydrogen) atoms. The number of esters is 2. The highest BCUT2D eigenvalue weighted by Gasteiger charge is 2.27. The van der Waals surface area contributed by atoms with Crippen LogP contribution in [0.3, 0.4) is 0 Å². The number of aryl methyl sites for hydroxylation is 1. The van der Waals surface area contributed by atoms with Crippen LogP contribution in [0.15, 0.2) is 35.2 Å². The summed E-state index contributed by atoms with van der Waals surface area (Å²) in [7, 11) is 1.33. The molecule has 1 aromatic carbocycles. The maximum Gasteiger partial charge on any atom is 0.341 e. The second kappa shape index (κ2) is 9.75. The number of methoxy groups -OCH3 is 1. The molecule has 0 saturated heterocycles. The third-order valence-electron chi connectivity index (χ3n) is 4.28. The van der Waals surface area contributed by atoms with Crippen LogP contribution in [0.5, 0.6) is 0 Å². The number of hydrogen-bond acceptors (Lipinski definition) is 7. The van der Waals surface area contributed by atoms with Gasteiger partial charge in [0.1, 0.15) is 5.00 Å². The lowest BCUT2D eigenvalue weighted by Crippen LogP contribution is -2.22. The van der Waals surface area contributed by atoms with Crippen molar-refractivity contribution in [2.75, 3.05) is 24.8 Å². The summed E-state index contributed by atoms with van der Waals surface area (Å²) in [4.78, 5) is 38.3. The molecule has 3 rings (SSSR count). The lowest BCUT2D eigenvalue weighted by atomic mass is 9.95. The number of ether oxygens (including phenoxy) is 2. The van der Waals surface area contributed by atoms with Gasteiger partial charge in [0.15, 0.2) is 6.61 Å². The molecule has 1 N–H and O–H groups in total. The standard InChI is InChI=1S/C20H21NO5S2/c1-25-20(24)18-14-9-5-6-10-15(14)28-19(18)21-16(22)11-26-17(23)12-27-13-7-3-2-4-8-13/h2-4,7-8H,5-6,9-12H2,1H3,(H,21,22). The van der Waals surface area contributed by atoms with E-state index in [-0.39, 0.29) is 5.75 Å². The van der Waals surface area contributed by atoms with Crippen molar-refractivity contribution >= 4 is 45.9 Å². The van der Waals surface area contributed by atoms with E-state index in [1.165, 1.54) is 30.2 Å². The highest BCUT2D eigenvalue weighted by atomic mass is 32.2. The minimum absolute atomic E-state index is 0.123. The second-order valence-corrected chi connectivity index (χ2v) is 8.37. The number of thioether (sulfide) groups is 1. The number of amides is 1. The Morgan fingerprint density at radius 1 is 1.14 bits per heavy atom. The molecule has 0 spiro atoms. The number of nitrogens with one attached hydrogen (secondary N) is 1. The van der Waals surface area contributed by atoms with Crippen molar-refractivity contribution in [3.8, 4) is 0 Å². The van der Waals surface area contributed by atoms with E-state index in [9.17, 15) is 14.4 Å². The molecule has 1 aliphatic rings. The van der Waals surface area contributed by atoms with Gasteiger partial charge in [0.2, 0.25) is 0 Å². The minimum atomic E-state index is -0.471. The van der Waals surface area contributed by atoms with Gasteiger partial charge in [-0.05, 0) is 43.4 Å². The predicted octanol–water partition coefficient (Wildman–Crippen LogP) is 3.69. The van der Waals surface area contributed by atoms with Gasteiger partial charge < -0.3 is 14.8 Å². The van der Waals surface area contributed by atoms with Gasteiger partial charge in [-0.25, -0.2) is 4.79 Å². The van der Waals surface area contributed by atoms with Crippen molar-refractivity contribution in [2.24, 2.45) is 0 Å². The second-order valence-electron chi connectivity index (χ2n) is 6.22. The number of fused-ring (bicyclic) bond motifs is 1. The summed E-state index contributed by atoms with van der Waals surface area (Å²) in [6, 6.07) is 9.48. The zero-order valence-corrected chi connectivity index (χ0v) is 17.1. The quantitative estimate of drug-likeness (QED) is 0.545.